The van der Waals surface area contributed by atoms with Crippen LogP contribution in [0, 0.1) is 5.82 Å². The van der Waals surface area contributed by atoms with Gasteiger partial charge in [0, 0.05) is 55.4 Å². The number of amides is 3. The van der Waals surface area contributed by atoms with Gasteiger partial charge in [-0.15, -0.1) is 0 Å². The second kappa shape index (κ2) is 10.8. The highest BCUT2D eigenvalue weighted by Gasteiger charge is 2.30. The van der Waals surface area contributed by atoms with E-state index in [-0.39, 0.29) is 23.2 Å². The van der Waals surface area contributed by atoms with Crippen molar-refractivity contribution in [2.45, 2.75) is 13.1 Å². The average molecular weight is 540 g/mol. The van der Waals surface area contributed by atoms with E-state index in [1.165, 1.54) is 18.2 Å². The molecule has 3 N–H and O–H groups in total. The van der Waals surface area contributed by atoms with Crippen molar-refractivity contribution in [1.29, 1.82) is 0 Å². The number of benzene rings is 2. The number of hydrogen-bond acceptors (Lipinski definition) is 6. The summed E-state index contributed by atoms with van der Waals surface area (Å²) in [6, 6.07) is 9.47. The topological polar surface area (TPSA) is 118 Å². The number of morpholine rings is 1. The average Bonchev–Trinajstić information content (AvgIpc) is 3.31. The Morgan fingerprint density at radius 1 is 1.16 bits per heavy atom. The Morgan fingerprint density at radius 2 is 1.95 bits per heavy atom. The molecule has 1 saturated heterocycles. The van der Waals surface area contributed by atoms with Crippen molar-refractivity contribution in [3.8, 4) is 11.3 Å². The Balaban J connectivity index is 1.38. The maximum absolute atomic E-state index is 13.7. The lowest BCUT2D eigenvalue weighted by molar-refractivity contribution is 0.0997. The quantitative estimate of drug-likeness (QED) is 0.482. The molecule has 2 aromatic carbocycles. The summed E-state index contributed by atoms with van der Waals surface area (Å²) in [6.45, 7) is 3.63. The van der Waals surface area contributed by atoms with E-state index in [4.69, 9.17) is 22.1 Å². The van der Waals surface area contributed by atoms with Crippen LogP contribution in [0.2, 0.25) is 5.02 Å². The molecule has 5 rings (SSSR count). The molecule has 198 valence electrons. The van der Waals surface area contributed by atoms with Gasteiger partial charge in [0.1, 0.15) is 11.5 Å². The minimum absolute atomic E-state index is 0.0856. The number of nitrogens with one attached hydrogen (secondary N) is 1. The molecule has 0 unspecified atom stereocenters. The number of ether oxygens (including phenoxy) is 1. The van der Waals surface area contributed by atoms with E-state index in [0.29, 0.717) is 48.9 Å². The number of nitrogens with zero attached hydrogens (tertiary/aromatic N) is 5. The minimum Gasteiger partial charge on any atom is -0.378 e. The van der Waals surface area contributed by atoms with E-state index < -0.39 is 11.7 Å². The van der Waals surface area contributed by atoms with Crippen molar-refractivity contribution in [3.05, 3.63) is 64.1 Å². The number of carbonyl (C=O) groups is 2. The van der Waals surface area contributed by atoms with Crippen molar-refractivity contribution in [1.82, 2.24) is 14.7 Å². The van der Waals surface area contributed by atoms with E-state index in [0.717, 1.165) is 24.3 Å². The normalized spacial score (nSPS) is 15.6. The number of primary amides is 1. The molecule has 1 fully saturated rings. The molecule has 0 spiro atoms. The summed E-state index contributed by atoms with van der Waals surface area (Å²) in [6.07, 6.45) is 1.79. The lowest BCUT2D eigenvalue weighted by Crippen LogP contribution is -2.41. The number of nitrogens with two attached hydrogens (primary N) is 1. The number of halogens is 2. The molecule has 2 aliphatic heterocycles. The molecule has 0 atom stereocenters. The SMILES string of the molecule is CN=Cc1ccc(NC(=O)N2CCn3nc(-c4ccc(F)c(Cl)c4)c(C(N)=O)c3C2)cc1N1CCOCC1. The lowest BCUT2D eigenvalue weighted by atomic mass is 10.0. The van der Waals surface area contributed by atoms with Crippen LogP contribution in [-0.2, 0) is 17.8 Å². The van der Waals surface area contributed by atoms with Gasteiger partial charge in [0.25, 0.3) is 5.91 Å². The number of urea groups is 1. The fraction of sp³-hybridized carbons (Fsp3) is 0.308. The van der Waals surface area contributed by atoms with E-state index >= 15 is 0 Å². The highest BCUT2D eigenvalue weighted by atomic mass is 35.5. The summed E-state index contributed by atoms with van der Waals surface area (Å²) < 4.78 is 20.8. The molecule has 12 heteroatoms. The first-order valence-corrected chi connectivity index (χ1v) is 12.5. The zero-order valence-corrected chi connectivity index (χ0v) is 21.5. The first-order chi connectivity index (χ1) is 18.4. The smallest absolute Gasteiger partial charge is 0.322 e. The number of carbonyl (C=O) groups excluding carboxylic acids is 2. The Bertz CT molecular complexity index is 1420. The number of aromatic nitrogens is 2. The molecule has 0 radical (unpaired) electrons. The number of hydrogen-bond donors (Lipinski definition) is 2. The first-order valence-electron chi connectivity index (χ1n) is 12.2. The summed E-state index contributed by atoms with van der Waals surface area (Å²) in [5, 5.41) is 7.42. The van der Waals surface area contributed by atoms with Crippen LogP contribution in [0.5, 0.6) is 0 Å². The van der Waals surface area contributed by atoms with Gasteiger partial charge >= 0.3 is 6.03 Å². The predicted molar refractivity (Wildman–Crippen MR) is 144 cm³/mol. The van der Waals surface area contributed by atoms with Gasteiger partial charge in [-0.25, -0.2) is 9.18 Å². The Hall–Kier alpha value is -3.96. The zero-order valence-electron chi connectivity index (χ0n) is 20.8. The third-order valence-electron chi connectivity index (χ3n) is 6.61. The summed E-state index contributed by atoms with van der Waals surface area (Å²) >= 11 is 5.95. The Morgan fingerprint density at radius 3 is 2.66 bits per heavy atom. The fourth-order valence-corrected chi connectivity index (χ4v) is 4.93. The summed E-state index contributed by atoms with van der Waals surface area (Å²) in [7, 11) is 1.72. The van der Waals surface area contributed by atoms with Gasteiger partial charge in [-0.3, -0.25) is 14.5 Å². The fourth-order valence-electron chi connectivity index (χ4n) is 4.75. The molecule has 38 heavy (non-hydrogen) atoms. The molecule has 0 aliphatic carbocycles. The van der Waals surface area contributed by atoms with Gasteiger partial charge in [0.2, 0.25) is 0 Å². The second-order valence-corrected chi connectivity index (χ2v) is 9.41. The van der Waals surface area contributed by atoms with Gasteiger partial charge in [-0.1, -0.05) is 11.6 Å². The number of fused-ring (bicyclic) bond motifs is 1. The van der Waals surface area contributed by atoms with Gasteiger partial charge in [-0.2, -0.15) is 5.10 Å². The third kappa shape index (κ3) is 5.07. The van der Waals surface area contributed by atoms with Crippen LogP contribution >= 0.6 is 11.6 Å². The Kier molecular flexibility index (Phi) is 7.30. The molecule has 3 heterocycles. The van der Waals surface area contributed by atoms with Crippen molar-refractivity contribution in [3.63, 3.8) is 0 Å². The number of anilines is 2. The third-order valence-corrected chi connectivity index (χ3v) is 6.90. The van der Waals surface area contributed by atoms with Crippen LogP contribution in [0.1, 0.15) is 21.6 Å². The maximum Gasteiger partial charge on any atom is 0.322 e. The van der Waals surface area contributed by atoms with Crippen LogP contribution in [0.3, 0.4) is 0 Å². The first kappa shape index (κ1) is 25.7. The highest BCUT2D eigenvalue weighted by molar-refractivity contribution is 6.31. The molecule has 10 nitrogen and oxygen atoms in total. The summed E-state index contributed by atoms with van der Waals surface area (Å²) in [5.74, 6) is -1.26. The zero-order chi connectivity index (χ0) is 26.8. The van der Waals surface area contributed by atoms with Crippen molar-refractivity contribution < 1.29 is 18.7 Å². The van der Waals surface area contributed by atoms with Gasteiger partial charge in [0.15, 0.2) is 0 Å². The van der Waals surface area contributed by atoms with Crippen LogP contribution < -0.4 is 16.0 Å². The Labute approximate surface area is 223 Å². The molecule has 3 amide bonds. The van der Waals surface area contributed by atoms with Gasteiger partial charge < -0.3 is 25.6 Å². The predicted octanol–water partition coefficient (Wildman–Crippen LogP) is 3.37. The van der Waals surface area contributed by atoms with Gasteiger partial charge in [-0.05, 0) is 36.4 Å². The highest BCUT2D eigenvalue weighted by Crippen LogP contribution is 2.31. The summed E-state index contributed by atoms with van der Waals surface area (Å²) in [5.41, 5.74) is 9.74. The monoisotopic (exact) mass is 539 g/mol. The molecule has 3 aromatic rings. The molecule has 0 bridgehead atoms. The van der Waals surface area contributed by atoms with Crippen molar-refractivity contribution in [2.75, 3.05) is 50.1 Å². The van der Waals surface area contributed by atoms with Crippen LogP contribution in [-0.4, -0.2) is 72.7 Å². The molecule has 1 aromatic heterocycles. The number of rotatable bonds is 5. The lowest BCUT2D eigenvalue weighted by Gasteiger charge is -2.31. The largest absolute Gasteiger partial charge is 0.378 e. The molecular formula is C26H27ClFN7O3. The van der Waals surface area contributed by atoms with Crippen LogP contribution in [0.15, 0.2) is 41.4 Å². The van der Waals surface area contributed by atoms with E-state index in [9.17, 15) is 14.0 Å². The molecular weight excluding hydrogens is 513 g/mol. The van der Waals surface area contributed by atoms with Crippen molar-refractivity contribution in [2.24, 2.45) is 10.7 Å². The van der Waals surface area contributed by atoms with Gasteiger partial charge in [0.05, 0.1) is 42.6 Å². The van der Waals surface area contributed by atoms with Crippen LogP contribution in [0.25, 0.3) is 11.3 Å². The summed E-state index contributed by atoms with van der Waals surface area (Å²) in [4.78, 5) is 33.7. The molecule has 2 aliphatic rings. The molecule has 0 saturated carbocycles. The maximum atomic E-state index is 13.7. The number of aliphatic imine (C=N–C) groups is 1. The van der Waals surface area contributed by atoms with E-state index in [2.05, 4.69) is 20.3 Å². The van der Waals surface area contributed by atoms with E-state index in [1.807, 2.05) is 18.2 Å². The standard InChI is InChI=1S/C26H27ClFN7O3/c1-30-14-17-2-4-18(13-21(17)33-8-10-38-11-9-33)31-26(37)34-6-7-35-22(15-34)23(25(29)36)24(32-35)16-3-5-20(28)19(27)12-16/h2-5,12-14H,6-11,15H2,1H3,(H2,29,36)(H,31,37). The van der Waals surface area contributed by atoms with E-state index in [1.54, 1.807) is 22.8 Å². The van der Waals surface area contributed by atoms with Crippen LogP contribution in [0.4, 0.5) is 20.6 Å². The van der Waals surface area contributed by atoms with Crippen molar-refractivity contribution >= 4 is 41.1 Å². The second-order valence-electron chi connectivity index (χ2n) is 9.00. The minimum atomic E-state index is -0.688.